The van der Waals surface area contributed by atoms with Crippen LogP contribution in [0.3, 0.4) is 0 Å². The summed E-state index contributed by atoms with van der Waals surface area (Å²) in [5, 5.41) is 3.36. The van der Waals surface area contributed by atoms with Crippen molar-refractivity contribution in [3.05, 3.63) is 35.4 Å². The van der Waals surface area contributed by atoms with Crippen molar-refractivity contribution in [1.29, 1.82) is 0 Å². The van der Waals surface area contributed by atoms with Crippen LogP contribution in [-0.2, 0) is 22.5 Å². The Kier molecular flexibility index (Phi) is 10.2. The fourth-order valence-electron chi connectivity index (χ4n) is 1.99. The van der Waals surface area contributed by atoms with Crippen molar-refractivity contribution in [2.45, 2.75) is 39.7 Å². The highest BCUT2D eigenvalue weighted by Crippen LogP contribution is 2.10. The van der Waals surface area contributed by atoms with E-state index in [1.54, 1.807) is 0 Å². The van der Waals surface area contributed by atoms with E-state index < -0.39 is 0 Å². The van der Waals surface area contributed by atoms with Gasteiger partial charge in [0.15, 0.2) is 0 Å². The molecule has 1 N–H and O–H groups in total. The predicted octanol–water partition coefficient (Wildman–Crippen LogP) is 3.17. The van der Waals surface area contributed by atoms with Crippen molar-refractivity contribution in [3.8, 4) is 0 Å². The molecule has 0 atom stereocenters. The van der Waals surface area contributed by atoms with Gasteiger partial charge in [-0.15, -0.1) is 0 Å². The summed E-state index contributed by atoms with van der Waals surface area (Å²) in [5.41, 5.74) is 2.67. The first kappa shape index (κ1) is 17.2. The third kappa shape index (κ3) is 7.63. The fraction of sp³-hybridized carbons (Fsp3) is 0.647. The zero-order valence-corrected chi connectivity index (χ0v) is 13.0. The second-order valence-electron chi connectivity index (χ2n) is 4.89. The van der Waals surface area contributed by atoms with Crippen LogP contribution < -0.4 is 5.32 Å². The second kappa shape index (κ2) is 11.9. The number of hydrogen-bond acceptors (Lipinski definition) is 3. The van der Waals surface area contributed by atoms with Crippen LogP contribution in [0.15, 0.2) is 24.3 Å². The second-order valence-corrected chi connectivity index (χ2v) is 4.89. The fourth-order valence-corrected chi connectivity index (χ4v) is 1.99. The quantitative estimate of drug-likeness (QED) is 0.596. The molecule has 0 radical (unpaired) electrons. The topological polar surface area (TPSA) is 30.5 Å². The first-order valence-corrected chi connectivity index (χ1v) is 7.81. The molecule has 0 aliphatic carbocycles. The molecule has 1 rings (SSSR count). The summed E-state index contributed by atoms with van der Waals surface area (Å²) in [6.45, 7) is 9.24. The number of rotatable bonds is 12. The third-order valence-electron chi connectivity index (χ3n) is 3.21. The van der Waals surface area contributed by atoms with Crippen molar-refractivity contribution >= 4 is 0 Å². The number of hydrogen-bond donors (Lipinski definition) is 1. The molecule has 3 heteroatoms. The van der Waals surface area contributed by atoms with Gasteiger partial charge in [0.25, 0.3) is 0 Å². The van der Waals surface area contributed by atoms with Crippen LogP contribution in [0.1, 0.15) is 37.8 Å². The minimum absolute atomic E-state index is 0.672. The molecule has 0 saturated carbocycles. The molecule has 0 spiro atoms. The Balaban J connectivity index is 2.21. The van der Waals surface area contributed by atoms with Gasteiger partial charge in [-0.3, -0.25) is 0 Å². The lowest BCUT2D eigenvalue weighted by molar-refractivity contribution is 0.0394. The number of benzene rings is 1. The first-order valence-electron chi connectivity index (χ1n) is 7.81. The molecule has 3 nitrogen and oxygen atoms in total. The highest BCUT2D eigenvalue weighted by Gasteiger charge is 2.01. The van der Waals surface area contributed by atoms with Gasteiger partial charge < -0.3 is 14.8 Å². The summed E-state index contributed by atoms with van der Waals surface area (Å²) < 4.78 is 11.2. The first-order chi connectivity index (χ1) is 9.88. The summed E-state index contributed by atoms with van der Waals surface area (Å²) in [4.78, 5) is 0. The maximum absolute atomic E-state index is 5.70. The molecule has 1 aromatic carbocycles. The van der Waals surface area contributed by atoms with Gasteiger partial charge in [0.05, 0.1) is 19.8 Å². The summed E-state index contributed by atoms with van der Waals surface area (Å²) >= 11 is 0. The van der Waals surface area contributed by atoms with Crippen molar-refractivity contribution < 1.29 is 9.47 Å². The van der Waals surface area contributed by atoms with Gasteiger partial charge in [-0.25, -0.2) is 0 Å². The van der Waals surface area contributed by atoms with E-state index in [0.717, 1.165) is 32.5 Å². The average Bonchev–Trinajstić information content (AvgIpc) is 2.48. The number of nitrogens with one attached hydrogen (secondary N) is 1. The molecule has 0 saturated heterocycles. The molecule has 0 bridgehead atoms. The van der Waals surface area contributed by atoms with Crippen LogP contribution >= 0.6 is 0 Å². The van der Waals surface area contributed by atoms with Gasteiger partial charge in [-0.1, -0.05) is 44.5 Å². The number of likely N-dealkylation sites (N-methyl/N-ethyl adjacent to an activating group) is 1. The predicted molar refractivity (Wildman–Crippen MR) is 84.1 cm³/mol. The summed E-state index contributed by atoms with van der Waals surface area (Å²) in [7, 11) is 0. The largest absolute Gasteiger partial charge is 0.379 e. The van der Waals surface area contributed by atoms with Gasteiger partial charge in [-0.2, -0.15) is 0 Å². The van der Waals surface area contributed by atoms with Crippen LogP contribution in [-0.4, -0.2) is 32.9 Å². The Morgan fingerprint density at radius 2 is 1.70 bits per heavy atom. The van der Waals surface area contributed by atoms with E-state index in [0.29, 0.717) is 19.8 Å². The van der Waals surface area contributed by atoms with Gasteiger partial charge >= 0.3 is 0 Å². The maximum Gasteiger partial charge on any atom is 0.0720 e. The standard InChI is InChI=1S/C17H29NO2/c1-3-5-12-19-13-14-20-15-17-9-7-6-8-16(17)10-11-18-4-2/h6-9,18H,3-5,10-15H2,1-2H3. The zero-order chi connectivity index (χ0) is 14.5. The van der Waals surface area contributed by atoms with Crippen LogP contribution in [0, 0.1) is 0 Å². The molecule has 0 heterocycles. The van der Waals surface area contributed by atoms with Crippen LogP contribution in [0.2, 0.25) is 0 Å². The monoisotopic (exact) mass is 279 g/mol. The number of unbranched alkanes of at least 4 members (excludes halogenated alkanes) is 1. The lowest BCUT2D eigenvalue weighted by Crippen LogP contribution is -2.17. The maximum atomic E-state index is 5.70. The van der Waals surface area contributed by atoms with E-state index >= 15 is 0 Å². The van der Waals surface area contributed by atoms with Gasteiger partial charge in [0, 0.05) is 6.61 Å². The zero-order valence-electron chi connectivity index (χ0n) is 13.0. The molecule has 114 valence electrons. The third-order valence-corrected chi connectivity index (χ3v) is 3.21. The molecule has 0 unspecified atom stereocenters. The highest BCUT2D eigenvalue weighted by molar-refractivity contribution is 5.26. The Morgan fingerprint density at radius 1 is 0.950 bits per heavy atom. The van der Waals surface area contributed by atoms with Crippen molar-refractivity contribution in [1.82, 2.24) is 5.32 Å². The Labute approximate surface area is 123 Å². The van der Waals surface area contributed by atoms with Crippen LogP contribution in [0.5, 0.6) is 0 Å². The van der Waals surface area contributed by atoms with E-state index in [9.17, 15) is 0 Å². The Morgan fingerprint density at radius 3 is 2.45 bits per heavy atom. The molecular formula is C17H29NO2. The summed E-state index contributed by atoms with van der Waals surface area (Å²) in [6, 6.07) is 8.51. The molecule has 0 aromatic heterocycles. The molecule has 20 heavy (non-hydrogen) atoms. The van der Waals surface area contributed by atoms with Crippen molar-refractivity contribution in [2.24, 2.45) is 0 Å². The summed E-state index contributed by atoms with van der Waals surface area (Å²) in [6.07, 6.45) is 3.37. The minimum Gasteiger partial charge on any atom is -0.379 e. The molecular weight excluding hydrogens is 250 g/mol. The minimum atomic E-state index is 0.672. The van der Waals surface area contributed by atoms with E-state index in [1.807, 2.05) is 0 Å². The van der Waals surface area contributed by atoms with E-state index in [2.05, 4.69) is 43.4 Å². The van der Waals surface area contributed by atoms with Gasteiger partial charge in [-0.05, 0) is 37.1 Å². The smallest absolute Gasteiger partial charge is 0.0720 e. The summed E-state index contributed by atoms with van der Waals surface area (Å²) in [5.74, 6) is 0. The lowest BCUT2D eigenvalue weighted by atomic mass is 10.1. The number of ether oxygens (including phenoxy) is 2. The lowest BCUT2D eigenvalue weighted by Gasteiger charge is -2.10. The van der Waals surface area contributed by atoms with Crippen LogP contribution in [0.4, 0.5) is 0 Å². The molecule has 1 aromatic rings. The van der Waals surface area contributed by atoms with E-state index in [4.69, 9.17) is 9.47 Å². The normalized spacial score (nSPS) is 10.9. The van der Waals surface area contributed by atoms with Crippen molar-refractivity contribution in [2.75, 3.05) is 32.9 Å². The molecule has 0 aliphatic rings. The SMILES string of the molecule is CCCCOCCOCc1ccccc1CCNCC. The molecule has 0 aliphatic heterocycles. The van der Waals surface area contributed by atoms with E-state index in [-0.39, 0.29) is 0 Å². The Bertz CT molecular complexity index is 342. The van der Waals surface area contributed by atoms with Crippen LogP contribution in [0.25, 0.3) is 0 Å². The Hall–Kier alpha value is -0.900. The molecule has 0 fully saturated rings. The van der Waals surface area contributed by atoms with Gasteiger partial charge in [0.1, 0.15) is 0 Å². The van der Waals surface area contributed by atoms with E-state index in [1.165, 1.54) is 17.5 Å². The highest BCUT2D eigenvalue weighted by atomic mass is 16.5. The van der Waals surface area contributed by atoms with Crippen molar-refractivity contribution in [3.63, 3.8) is 0 Å². The van der Waals surface area contributed by atoms with Gasteiger partial charge in [0.2, 0.25) is 0 Å². The molecule has 0 amide bonds. The average molecular weight is 279 g/mol.